The van der Waals surface area contributed by atoms with Crippen LogP contribution in [0.15, 0.2) is 46.6 Å². The highest BCUT2D eigenvalue weighted by atomic mass is 32.1. The summed E-state index contributed by atoms with van der Waals surface area (Å²) in [6.07, 6.45) is 0.890. The number of non-ortho nitro benzene ring substituents is 1. The number of aromatic nitrogens is 1. The smallest absolute Gasteiger partial charge is 0.270 e. The molecule has 1 N–H and O–H groups in total. The van der Waals surface area contributed by atoms with Gasteiger partial charge in [-0.1, -0.05) is 18.3 Å². The third kappa shape index (κ3) is 5.55. The van der Waals surface area contributed by atoms with E-state index in [-0.39, 0.29) is 5.69 Å². The van der Waals surface area contributed by atoms with E-state index < -0.39 is 4.92 Å². The van der Waals surface area contributed by atoms with Gasteiger partial charge >= 0.3 is 0 Å². The van der Waals surface area contributed by atoms with Crippen LogP contribution in [0.4, 0.5) is 22.2 Å². The summed E-state index contributed by atoms with van der Waals surface area (Å²) in [6, 6.07) is 10.6. The molecule has 0 amide bonds. The molecule has 3 aromatic rings. The molecule has 0 bridgehead atoms. The third-order valence-electron chi connectivity index (χ3n) is 4.39. The summed E-state index contributed by atoms with van der Waals surface area (Å²) in [5, 5.41) is 23.4. The van der Waals surface area contributed by atoms with Gasteiger partial charge in [-0.3, -0.25) is 10.1 Å². The molecule has 1 heterocycles. The number of rotatable bonds is 8. The highest BCUT2D eigenvalue weighted by Gasteiger charge is 2.10. The van der Waals surface area contributed by atoms with Crippen molar-refractivity contribution < 1.29 is 9.41 Å². The molecule has 0 saturated heterocycles. The molecule has 0 spiro atoms. The lowest BCUT2D eigenvalue weighted by atomic mass is 10.1. The number of nitro groups is 1. The second kappa shape index (κ2) is 8.62. The number of thiazole rings is 1. The molecule has 8 nitrogen and oxygen atoms in total. The number of hydrogen-bond acceptors (Lipinski definition) is 7. The number of fused-ring (bicyclic) bond motifs is 1. The number of nitrogens with zero attached hydrogens (tertiary/aromatic N) is 5. The van der Waals surface area contributed by atoms with Crippen LogP contribution in [0, 0.1) is 10.1 Å². The highest BCUT2D eigenvalue weighted by molar-refractivity contribution is 7.21. The molecule has 0 radical (unpaired) electrons. The second-order valence-electron chi connectivity index (χ2n) is 7.74. The van der Waals surface area contributed by atoms with Crippen LogP contribution in [-0.4, -0.2) is 48.6 Å². The van der Waals surface area contributed by atoms with Crippen molar-refractivity contribution in [1.29, 1.82) is 0 Å². The van der Waals surface area contributed by atoms with Crippen LogP contribution in [0.25, 0.3) is 10.2 Å². The summed E-state index contributed by atoms with van der Waals surface area (Å²) < 4.78 is 1.63. The minimum absolute atomic E-state index is 0.0468. The van der Waals surface area contributed by atoms with Gasteiger partial charge in [-0.15, -0.1) is 10.2 Å². The Morgan fingerprint density at radius 1 is 1.17 bits per heavy atom. The Labute approximate surface area is 173 Å². The van der Waals surface area contributed by atoms with Crippen molar-refractivity contribution in [2.24, 2.45) is 10.2 Å². The summed E-state index contributed by atoms with van der Waals surface area (Å²) in [5.41, 5.74) is 3.78. The summed E-state index contributed by atoms with van der Waals surface area (Å²) in [6.45, 7) is 4.04. The average Bonchev–Trinajstić information content (AvgIpc) is 3.08. The maximum absolute atomic E-state index is 10.9. The van der Waals surface area contributed by atoms with Crippen LogP contribution in [0.3, 0.4) is 0 Å². The molecule has 2 aromatic carbocycles. The van der Waals surface area contributed by atoms with E-state index in [9.17, 15) is 10.1 Å². The number of aryl methyl sites for hydroxylation is 1. The zero-order valence-electron chi connectivity index (χ0n) is 17.0. The number of anilines is 1. The largest absolute Gasteiger partial charge is 0.379 e. The van der Waals surface area contributed by atoms with E-state index in [0.717, 1.165) is 40.1 Å². The van der Waals surface area contributed by atoms with Gasteiger partial charge in [-0.2, -0.15) is 0 Å². The van der Waals surface area contributed by atoms with Gasteiger partial charge in [0.1, 0.15) is 0 Å². The monoisotopic (exact) mass is 413 g/mol. The Kier molecular flexibility index (Phi) is 6.19. The molecule has 3 rings (SSSR count). The molecule has 0 saturated carbocycles. The van der Waals surface area contributed by atoms with E-state index >= 15 is 0 Å². The van der Waals surface area contributed by atoms with Crippen molar-refractivity contribution in [2.45, 2.75) is 13.3 Å². The van der Waals surface area contributed by atoms with Gasteiger partial charge in [-0.25, -0.2) is 4.98 Å². The lowest BCUT2D eigenvalue weighted by Crippen LogP contribution is -2.38. The predicted octanol–water partition coefficient (Wildman–Crippen LogP) is 5.30. The molecular weight excluding hydrogens is 388 g/mol. The summed E-state index contributed by atoms with van der Waals surface area (Å²) >= 11 is 1.28. The predicted molar refractivity (Wildman–Crippen MR) is 118 cm³/mol. The van der Waals surface area contributed by atoms with Gasteiger partial charge in [-0.05, 0) is 36.2 Å². The van der Waals surface area contributed by atoms with Crippen LogP contribution in [-0.2, 0) is 6.42 Å². The van der Waals surface area contributed by atoms with Crippen molar-refractivity contribution >= 4 is 43.7 Å². The molecule has 1 aromatic heterocycles. The normalized spacial score (nSPS) is 12.0. The first kappa shape index (κ1) is 20.8. The van der Waals surface area contributed by atoms with E-state index in [1.54, 1.807) is 6.07 Å². The molecule has 0 unspecified atom stereocenters. The van der Waals surface area contributed by atoms with Crippen LogP contribution in [0.5, 0.6) is 0 Å². The minimum atomic E-state index is -0.414. The number of azo groups is 1. The summed E-state index contributed by atoms with van der Waals surface area (Å²) in [7, 11) is 6.52. The first-order chi connectivity index (χ1) is 13.7. The summed E-state index contributed by atoms with van der Waals surface area (Å²) in [5.74, 6) is 0. The van der Waals surface area contributed by atoms with E-state index in [2.05, 4.69) is 48.6 Å². The zero-order chi connectivity index (χ0) is 21.0. The third-order valence-corrected chi connectivity index (χ3v) is 5.29. The molecule has 9 heteroatoms. The fraction of sp³-hybridized carbons (Fsp3) is 0.350. The second-order valence-corrected chi connectivity index (χ2v) is 8.75. The Balaban J connectivity index is 1.74. The number of nitrogens with one attached hydrogen (secondary N) is 1. The molecular formula is C20H25N6O2S+. The number of benzene rings is 2. The van der Waals surface area contributed by atoms with E-state index in [1.165, 1.54) is 29.0 Å². The van der Waals surface area contributed by atoms with E-state index in [1.807, 2.05) is 18.2 Å². The Morgan fingerprint density at radius 3 is 2.66 bits per heavy atom. The van der Waals surface area contributed by atoms with Gasteiger partial charge in [0.2, 0.25) is 5.13 Å². The van der Waals surface area contributed by atoms with Crippen molar-refractivity contribution in [3.8, 4) is 0 Å². The van der Waals surface area contributed by atoms with Gasteiger partial charge in [0.15, 0.2) is 0 Å². The lowest BCUT2D eigenvalue weighted by Gasteiger charge is -2.24. The number of hydrogen-bond donors (Lipinski definition) is 1. The fourth-order valence-corrected chi connectivity index (χ4v) is 3.61. The minimum Gasteiger partial charge on any atom is -0.379 e. The quantitative estimate of drug-likeness (QED) is 0.235. The lowest BCUT2D eigenvalue weighted by molar-refractivity contribution is -0.868. The topological polar surface area (TPSA) is 92.8 Å². The SMILES string of the molecule is CCc1cc(N=Nc2nc3ccc([N+](=O)[O-])cc3s2)ccc1NCC[N+](C)(C)C. The zero-order valence-corrected chi connectivity index (χ0v) is 17.9. The van der Waals surface area contributed by atoms with Crippen molar-refractivity contribution in [3.63, 3.8) is 0 Å². The Bertz CT molecular complexity index is 1050. The van der Waals surface area contributed by atoms with Gasteiger partial charge in [0.25, 0.3) is 5.69 Å². The van der Waals surface area contributed by atoms with Gasteiger partial charge in [0, 0.05) is 17.8 Å². The molecule has 0 aliphatic carbocycles. The van der Waals surface area contributed by atoms with Gasteiger partial charge in [0.05, 0.1) is 55.1 Å². The standard InChI is InChI=1S/C20H25N6O2S/c1-5-14-12-15(6-8-17(14)21-10-11-26(2,3)4)23-24-20-22-18-9-7-16(25(27)28)13-19(18)29-20/h6-9,12-13,21H,5,10-11H2,1-4H3/q+1. The van der Waals surface area contributed by atoms with Crippen LogP contribution in [0.2, 0.25) is 0 Å². The molecule has 152 valence electrons. The molecule has 29 heavy (non-hydrogen) atoms. The first-order valence-corrected chi connectivity index (χ1v) is 10.2. The first-order valence-electron chi connectivity index (χ1n) is 9.39. The van der Waals surface area contributed by atoms with Crippen molar-refractivity contribution in [3.05, 3.63) is 52.1 Å². The molecule has 0 fully saturated rings. The van der Waals surface area contributed by atoms with E-state index in [0.29, 0.717) is 10.6 Å². The summed E-state index contributed by atoms with van der Waals surface area (Å²) in [4.78, 5) is 14.9. The van der Waals surface area contributed by atoms with Gasteiger partial charge < -0.3 is 9.80 Å². The van der Waals surface area contributed by atoms with Crippen LogP contribution >= 0.6 is 11.3 Å². The molecule has 0 aliphatic rings. The Morgan fingerprint density at radius 2 is 1.97 bits per heavy atom. The average molecular weight is 414 g/mol. The molecule has 0 atom stereocenters. The number of nitro benzene ring substituents is 1. The Hall–Kier alpha value is -2.91. The maximum atomic E-state index is 10.9. The number of likely N-dealkylation sites (N-methyl/N-ethyl adjacent to an activating group) is 1. The number of quaternary nitrogens is 1. The van der Waals surface area contributed by atoms with Crippen LogP contribution < -0.4 is 5.32 Å². The maximum Gasteiger partial charge on any atom is 0.270 e. The van der Waals surface area contributed by atoms with Crippen molar-refractivity contribution in [2.75, 3.05) is 39.5 Å². The fourth-order valence-electron chi connectivity index (χ4n) is 2.79. The van der Waals surface area contributed by atoms with Crippen LogP contribution in [0.1, 0.15) is 12.5 Å². The molecule has 0 aliphatic heterocycles. The highest BCUT2D eigenvalue weighted by Crippen LogP contribution is 2.32. The van der Waals surface area contributed by atoms with Crippen molar-refractivity contribution in [1.82, 2.24) is 4.98 Å². The van der Waals surface area contributed by atoms with E-state index in [4.69, 9.17) is 0 Å².